The number of benzene rings is 2. The second-order valence-corrected chi connectivity index (χ2v) is 6.02. The summed E-state index contributed by atoms with van der Waals surface area (Å²) in [6.45, 7) is 0. The number of carboxylic acids is 1. The fourth-order valence-electron chi connectivity index (χ4n) is 2.23. The maximum Gasteiger partial charge on any atom is 0.336 e. The Hall–Kier alpha value is -1.88. The number of halogens is 4. The van der Waals surface area contributed by atoms with E-state index in [0.29, 0.717) is 15.6 Å². The van der Waals surface area contributed by atoms with Crippen LogP contribution in [0.1, 0.15) is 10.4 Å². The van der Waals surface area contributed by atoms with Crippen molar-refractivity contribution in [3.05, 3.63) is 62.8 Å². The predicted octanol–water partition coefficient (Wildman–Crippen LogP) is 5.70. The summed E-state index contributed by atoms with van der Waals surface area (Å²) >= 11 is 17.6. The first-order chi connectivity index (χ1) is 10.9. The molecule has 0 unspecified atom stereocenters. The quantitative estimate of drug-likeness (QED) is 0.629. The SMILES string of the molecule is O=C(O)c1cc(-c2ccc(Cl)c(Cl)c2)nc2c(F)cc(Cl)cc12. The lowest BCUT2D eigenvalue weighted by molar-refractivity contribution is 0.0699. The van der Waals surface area contributed by atoms with E-state index in [9.17, 15) is 14.3 Å². The van der Waals surface area contributed by atoms with Crippen LogP contribution >= 0.6 is 34.8 Å². The van der Waals surface area contributed by atoms with Crippen LogP contribution in [-0.4, -0.2) is 16.1 Å². The summed E-state index contributed by atoms with van der Waals surface area (Å²) < 4.78 is 14.1. The Morgan fingerprint density at radius 1 is 1.04 bits per heavy atom. The zero-order chi connectivity index (χ0) is 16.7. The molecule has 0 amide bonds. The molecule has 0 saturated heterocycles. The molecule has 1 N–H and O–H groups in total. The van der Waals surface area contributed by atoms with Gasteiger partial charge >= 0.3 is 5.97 Å². The highest BCUT2D eigenvalue weighted by molar-refractivity contribution is 6.42. The van der Waals surface area contributed by atoms with E-state index < -0.39 is 11.8 Å². The summed E-state index contributed by atoms with van der Waals surface area (Å²) in [5.41, 5.74) is 0.626. The number of hydrogen-bond acceptors (Lipinski definition) is 2. The predicted molar refractivity (Wildman–Crippen MR) is 89.1 cm³/mol. The average Bonchev–Trinajstić information content (AvgIpc) is 2.49. The van der Waals surface area contributed by atoms with Crippen LogP contribution in [0.15, 0.2) is 36.4 Å². The molecule has 0 saturated carbocycles. The fraction of sp³-hybridized carbons (Fsp3) is 0. The number of pyridine rings is 1. The molecule has 1 heterocycles. The molecule has 2 aromatic carbocycles. The highest BCUT2D eigenvalue weighted by Gasteiger charge is 2.17. The van der Waals surface area contributed by atoms with Gasteiger partial charge in [-0.15, -0.1) is 0 Å². The molecule has 3 aromatic rings. The van der Waals surface area contributed by atoms with Gasteiger partial charge in [-0.1, -0.05) is 40.9 Å². The van der Waals surface area contributed by atoms with Gasteiger partial charge in [0.15, 0.2) is 5.82 Å². The van der Waals surface area contributed by atoms with Gasteiger partial charge in [0.2, 0.25) is 0 Å². The summed E-state index contributed by atoms with van der Waals surface area (Å²) in [4.78, 5) is 15.7. The number of aromatic carboxylic acids is 1. The van der Waals surface area contributed by atoms with E-state index >= 15 is 0 Å². The molecule has 0 spiro atoms. The smallest absolute Gasteiger partial charge is 0.336 e. The number of carboxylic acid groups (broad SMARTS) is 1. The Labute approximate surface area is 145 Å². The average molecular weight is 371 g/mol. The molecule has 0 aliphatic carbocycles. The molecule has 0 aliphatic rings. The van der Waals surface area contributed by atoms with Crippen molar-refractivity contribution in [1.82, 2.24) is 4.98 Å². The third-order valence-electron chi connectivity index (χ3n) is 3.28. The van der Waals surface area contributed by atoms with Crippen molar-refractivity contribution in [2.24, 2.45) is 0 Å². The van der Waals surface area contributed by atoms with Gasteiger partial charge in [0, 0.05) is 16.0 Å². The molecule has 3 nitrogen and oxygen atoms in total. The minimum atomic E-state index is -1.21. The highest BCUT2D eigenvalue weighted by Crippen LogP contribution is 2.32. The van der Waals surface area contributed by atoms with E-state index in [2.05, 4.69) is 4.98 Å². The third kappa shape index (κ3) is 2.98. The molecule has 116 valence electrons. The molecule has 1 aromatic heterocycles. The second kappa shape index (κ2) is 5.96. The first kappa shape index (κ1) is 16.0. The Balaban J connectivity index is 2.34. The van der Waals surface area contributed by atoms with Crippen molar-refractivity contribution >= 4 is 51.7 Å². The maximum atomic E-state index is 14.1. The Kier molecular flexibility index (Phi) is 4.15. The number of fused-ring (bicyclic) bond motifs is 1. The molecular formula is C16H7Cl3FNO2. The summed E-state index contributed by atoms with van der Waals surface area (Å²) in [6, 6.07) is 8.53. The largest absolute Gasteiger partial charge is 0.478 e. The van der Waals surface area contributed by atoms with Crippen LogP contribution < -0.4 is 0 Å². The topological polar surface area (TPSA) is 50.2 Å². The van der Waals surface area contributed by atoms with E-state index in [-0.39, 0.29) is 27.2 Å². The molecule has 0 radical (unpaired) electrons. The van der Waals surface area contributed by atoms with E-state index in [0.717, 1.165) is 6.07 Å². The maximum absolute atomic E-state index is 14.1. The van der Waals surface area contributed by atoms with E-state index in [1.807, 2.05) is 0 Å². The van der Waals surface area contributed by atoms with E-state index in [1.54, 1.807) is 12.1 Å². The van der Waals surface area contributed by atoms with Crippen molar-refractivity contribution < 1.29 is 14.3 Å². The van der Waals surface area contributed by atoms with Gasteiger partial charge in [-0.25, -0.2) is 14.2 Å². The van der Waals surface area contributed by atoms with Crippen molar-refractivity contribution in [2.75, 3.05) is 0 Å². The molecule has 3 rings (SSSR count). The molecule has 0 bridgehead atoms. The van der Waals surface area contributed by atoms with Crippen molar-refractivity contribution in [2.45, 2.75) is 0 Å². The third-order valence-corrected chi connectivity index (χ3v) is 4.23. The van der Waals surface area contributed by atoms with Gasteiger partial charge in [-0.3, -0.25) is 0 Å². The fourth-order valence-corrected chi connectivity index (χ4v) is 2.74. The van der Waals surface area contributed by atoms with Gasteiger partial charge in [-0.2, -0.15) is 0 Å². The van der Waals surface area contributed by atoms with Crippen molar-refractivity contribution in [1.29, 1.82) is 0 Å². The Morgan fingerprint density at radius 2 is 1.78 bits per heavy atom. The lowest BCUT2D eigenvalue weighted by Crippen LogP contribution is -2.01. The monoisotopic (exact) mass is 369 g/mol. The van der Waals surface area contributed by atoms with Crippen LogP contribution in [0.25, 0.3) is 22.2 Å². The van der Waals surface area contributed by atoms with Gasteiger partial charge in [-0.05, 0) is 30.3 Å². The minimum Gasteiger partial charge on any atom is -0.478 e. The summed E-state index contributed by atoms with van der Waals surface area (Å²) in [5.74, 6) is -1.91. The molecular weight excluding hydrogens is 364 g/mol. The van der Waals surface area contributed by atoms with Gasteiger partial charge in [0.25, 0.3) is 0 Å². The molecule has 7 heteroatoms. The first-order valence-corrected chi connectivity index (χ1v) is 7.48. The van der Waals surface area contributed by atoms with Gasteiger partial charge < -0.3 is 5.11 Å². The summed E-state index contributed by atoms with van der Waals surface area (Å²) in [7, 11) is 0. The van der Waals surface area contributed by atoms with E-state index in [4.69, 9.17) is 34.8 Å². The summed E-state index contributed by atoms with van der Waals surface area (Å²) in [6.07, 6.45) is 0. The molecule has 0 atom stereocenters. The van der Waals surface area contributed by atoms with E-state index in [1.165, 1.54) is 18.2 Å². The Bertz CT molecular complexity index is 960. The van der Waals surface area contributed by atoms with Crippen LogP contribution in [0.3, 0.4) is 0 Å². The normalized spacial score (nSPS) is 11.0. The lowest BCUT2D eigenvalue weighted by atomic mass is 10.0. The number of nitrogens with zero attached hydrogens (tertiary/aromatic N) is 1. The molecule has 0 aliphatic heterocycles. The highest BCUT2D eigenvalue weighted by atomic mass is 35.5. The van der Waals surface area contributed by atoms with Crippen LogP contribution in [-0.2, 0) is 0 Å². The second-order valence-electron chi connectivity index (χ2n) is 4.77. The van der Waals surface area contributed by atoms with Crippen LogP contribution in [0.5, 0.6) is 0 Å². The molecule has 0 fully saturated rings. The van der Waals surface area contributed by atoms with Gasteiger partial charge in [0.1, 0.15) is 5.52 Å². The van der Waals surface area contributed by atoms with Crippen LogP contribution in [0.4, 0.5) is 4.39 Å². The summed E-state index contributed by atoms with van der Waals surface area (Å²) in [5, 5.41) is 10.3. The molecule has 23 heavy (non-hydrogen) atoms. The lowest BCUT2D eigenvalue weighted by Gasteiger charge is -2.09. The van der Waals surface area contributed by atoms with Crippen molar-refractivity contribution in [3.8, 4) is 11.3 Å². The zero-order valence-corrected chi connectivity index (χ0v) is 13.5. The van der Waals surface area contributed by atoms with Crippen LogP contribution in [0.2, 0.25) is 15.1 Å². The van der Waals surface area contributed by atoms with Crippen LogP contribution in [0, 0.1) is 5.82 Å². The zero-order valence-electron chi connectivity index (χ0n) is 11.3. The van der Waals surface area contributed by atoms with Gasteiger partial charge in [0.05, 0.1) is 21.3 Å². The number of rotatable bonds is 2. The first-order valence-electron chi connectivity index (χ1n) is 6.35. The van der Waals surface area contributed by atoms with Crippen molar-refractivity contribution in [3.63, 3.8) is 0 Å². The number of hydrogen-bond donors (Lipinski definition) is 1. The number of aromatic nitrogens is 1. The minimum absolute atomic E-state index is 0.0737. The standard InChI is InChI=1S/C16H7Cl3FNO2/c17-8-4-9-10(16(22)23)6-14(21-15(9)13(20)5-8)7-1-2-11(18)12(19)3-7/h1-6H,(H,22,23). The Morgan fingerprint density at radius 3 is 2.43 bits per heavy atom. The number of carbonyl (C=O) groups is 1.